The Hall–Kier alpha value is -1.14. The van der Waals surface area contributed by atoms with Gasteiger partial charge in [-0.3, -0.25) is 9.63 Å². The van der Waals surface area contributed by atoms with Crippen molar-refractivity contribution in [2.75, 3.05) is 6.61 Å². The smallest absolute Gasteiger partial charge is 0.332 e. The fourth-order valence-electron chi connectivity index (χ4n) is 2.05. The van der Waals surface area contributed by atoms with E-state index in [1.807, 2.05) is 6.92 Å². The molecule has 6 nitrogen and oxygen atoms in total. The Balaban J connectivity index is 2.74. The van der Waals surface area contributed by atoms with Gasteiger partial charge in [0.1, 0.15) is 0 Å². The first kappa shape index (κ1) is 13.9. The maximum atomic E-state index is 11.3. The Morgan fingerprint density at radius 1 is 1.65 bits per heavy atom. The van der Waals surface area contributed by atoms with E-state index in [-0.39, 0.29) is 12.8 Å². The number of carboxylic acids is 1. The van der Waals surface area contributed by atoms with Gasteiger partial charge in [0.2, 0.25) is 6.41 Å². The molecule has 1 rings (SSSR count). The predicted octanol–water partition coefficient (Wildman–Crippen LogP) is 0.545. The minimum Gasteiger partial charge on any atom is -0.479 e. The lowest BCUT2D eigenvalue weighted by molar-refractivity contribution is -0.218. The highest BCUT2D eigenvalue weighted by Gasteiger charge is 2.50. The van der Waals surface area contributed by atoms with Crippen LogP contribution in [-0.4, -0.2) is 45.9 Å². The summed E-state index contributed by atoms with van der Waals surface area (Å²) in [6, 6.07) is 0. The summed E-state index contributed by atoms with van der Waals surface area (Å²) in [5, 5.41) is 19.6. The molecule has 2 N–H and O–H groups in total. The summed E-state index contributed by atoms with van der Waals surface area (Å²) >= 11 is 0. The second-order valence-corrected chi connectivity index (χ2v) is 4.35. The quantitative estimate of drug-likeness (QED) is 0.388. The SMILES string of the molecule is CCCCON(C=O)C1(C(=O)O)CCC(O)C1. The zero-order valence-corrected chi connectivity index (χ0v) is 9.96. The molecule has 2 unspecified atom stereocenters. The maximum absolute atomic E-state index is 11.3. The van der Waals surface area contributed by atoms with Crippen LogP contribution in [0.3, 0.4) is 0 Å². The van der Waals surface area contributed by atoms with Gasteiger partial charge in [-0.2, -0.15) is 0 Å². The lowest BCUT2D eigenvalue weighted by atomic mass is 9.97. The average molecular weight is 245 g/mol. The molecule has 2 atom stereocenters. The number of rotatable bonds is 7. The number of unbranched alkanes of at least 4 members (excludes halogenated alkanes) is 1. The summed E-state index contributed by atoms with van der Waals surface area (Å²) in [5.41, 5.74) is -1.41. The standard InChI is InChI=1S/C11H19NO5/c1-2-3-6-17-12(8-13)11(10(15)16)5-4-9(14)7-11/h8-9,14H,2-7H2,1H3,(H,15,16). The van der Waals surface area contributed by atoms with Gasteiger partial charge < -0.3 is 10.2 Å². The lowest BCUT2D eigenvalue weighted by Gasteiger charge is -2.33. The van der Waals surface area contributed by atoms with Crippen molar-refractivity contribution in [3.8, 4) is 0 Å². The third kappa shape index (κ3) is 2.95. The number of nitrogens with zero attached hydrogens (tertiary/aromatic N) is 1. The van der Waals surface area contributed by atoms with E-state index in [9.17, 15) is 19.8 Å². The van der Waals surface area contributed by atoms with E-state index in [0.29, 0.717) is 19.4 Å². The molecular weight excluding hydrogens is 226 g/mol. The lowest BCUT2D eigenvalue weighted by Crippen LogP contribution is -2.52. The largest absolute Gasteiger partial charge is 0.479 e. The van der Waals surface area contributed by atoms with Crippen molar-refractivity contribution in [3.63, 3.8) is 0 Å². The first-order valence-corrected chi connectivity index (χ1v) is 5.86. The molecule has 0 heterocycles. The van der Waals surface area contributed by atoms with Crippen molar-refractivity contribution >= 4 is 12.4 Å². The van der Waals surface area contributed by atoms with E-state index >= 15 is 0 Å². The number of hydrogen-bond donors (Lipinski definition) is 2. The van der Waals surface area contributed by atoms with Gasteiger partial charge in [-0.05, 0) is 19.3 Å². The topological polar surface area (TPSA) is 87.1 Å². The highest BCUT2D eigenvalue weighted by Crippen LogP contribution is 2.35. The van der Waals surface area contributed by atoms with Crippen LogP contribution in [0.1, 0.15) is 39.0 Å². The van der Waals surface area contributed by atoms with Gasteiger partial charge in [0, 0.05) is 6.42 Å². The van der Waals surface area contributed by atoms with Gasteiger partial charge >= 0.3 is 5.97 Å². The second kappa shape index (κ2) is 5.97. The summed E-state index contributed by atoms with van der Waals surface area (Å²) in [5.74, 6) is -1.13. The zero-order chi connectivity index (χ0) is 12.9. The van der Waals surface area contributed by atoms with Gasteiger partial charge in [0.25, 0.3) is 0 Å². The normalized spacial score (nSPS) is 28.0. The van der Waals surface area contributed by atoms with Crippen molar-refractivity contribution in [1.82, 2.24) is 5.06 Å². The Labute approximate surface area is 100 Å². The van der Waals surface area contributed by atoms with Gasteiger partial charge in [0.15, 0.2) is 5.54 Å². The molecule has 1 saturated carbocycles. The summed E-state index contributed by atoms with van der Waals surface area (Å²) in [6.45, 7) is 2.28. The fraction of sp³-hybridized carbons (Fsp3) is 0.818. The summed E-state index contributed by atoms with van der Waals surface area (Å²) in [7, 11) is 0. The molecule has 1 aliphatic rings. The predicted molar refractivity (Wildman–Crippen MR) is 59.0 cm³/mol. The molecule has 1 fully saturated rings. The third-order valence-corrected chi connectivity index (χ3v) is 3.11. The number of aliphatic hydroxyl groups excluding tert-OH is 1. The number of hydroxylamine groups is 2. The van der Waals surface area contributed by atoms with E-state index in [1.165, 1.54) is 0 Å². The van der Waals surface area contributed by atoms with E-state index in [1.54, 1.807) is 0 Å². The van der Waals surface area contributed by atoms with E-state index < -0.39 is 17.6 Å². The van der Waals surface area contributed by atoms with Crippen molar-refractivity contribution in [2.45, 2.75) is 50.7 Å². The van der Waals surface area contributed by atoms with Crippen LogP contribution in [-0.2, 0) is 14.4 Å². The van der Waals surface area contributed by atoms with Crippen LogP contribution in [0.5, 0.6) is 0 Å². The van der Waals surface area contributed by atoms with Crippen LogP contribution < -0.4 is 0 Å². The van der Waals surface area contributed by atoms with Gasteiger partial charge in [-0.1, -0.05) is 13.3 Å². The van der Waals surface area contributed by atoms with E-state index in [2.05, 4.69) is 0 Å². The Bertz CT molecular complexity index is 283. The Morgan fingerprint density at radius 3 is 2.76 bits per heavy atom. The minimum atomic E-state index is -1.41. The van der Waals surface area contributed by atoms with Gasteiger partial charge in [0.05, 0.1) is 12.7 Å². The molecule has 0 aromatic rings. The molecule has 0 aliphatic heterocycles. The number of hydrogen-bond acceptors (Lipinski definition) is 4. The minimum absolute atomic E-state index is 0.0210. The molecule has 0 bridgehead atoms. The van der Waals surface area contributed by atoms with E-state index in [0.717, 1.165) is 17.9 Å². The molecule has 1 amide bonds. The molecular formula is C11H19NO5. The second-order valence-electron chi connectivity index (χ2n) is 4.35. The first-order valence-electron chi connectivity index (χ1n) is 5.86. The van der Waals surface area contributed by atoms with Crippen LogP contribution in [0, 0.1) is 0 Å². The molecule has 0 aromatic carbocycles. The average Bonchev–Trinajstić information content (AvgIpc) is 2.68. The zero-order valence-electron chi connectivity index (χ0n) is 9.96. The number of aliphatic hydroxyl groups is 1. The number of amides is 1. The molecule has 98 valence electrons. The van der Waals surface area contributed by atoms with Gasteiger partial charge in [-0.15, -0.1) is 0 Å². The molecule has 0 aromatic heterocycles. The molecule has 17 heavy (non-hydrogen) atoms. The molecule has 1 aliphatic carbocycles. The van der Waals surface area contributed by atoms with Crippen molar-refractivity contribution in [3.05, 3.63) is 0 Å². The number of carbonyl (C=O) groups excluding carboxylic acids is 1. The molecule has 0 saturated heterocycles. The maximum Gasteiger partial charge on any atom is 0.332 e. The van der Waals surface area contributed by atoms with Crippen molar-refractivity contribution in [1.29, 1.82) is 0 Å². The van der Waals surface area contributed by atoms with Crippen LogP contribution in [0.25, 0.3) is 0 Å². The van der Waals surface area contributed by atoms with Crippen LogP contribution in [0.2, 0.25) is 0 Å². The Kier molecular flexibility index (Phi) is 4.89. The van der Waals surface area contributed by atoms with Crippen LogP contribution in [0.4, 0.5) is 0 Å². The Morgan fingerprint density at radius 2 is 2.35 bits per heavy atom. The van der Waals surface area contributed by atoms with Crippen molar-refractivity contribution < 1.29 is 24.6 Å². The summed E-state index contributed by atoms with van der Waals surface area (Å²) < 4.78 is 0. The monoisotopic (exact) mass is 245 g/mol. The summed E-state index contributed by atoms with van der Waals surface area (Å²) in [6.07, 6.45) is 1.96. The highest BCUT2D eigenvalue weighted by molar-refractivity contribution is 5.81. The van der Waals surface area contributed by atoms with Crippen molar-refractivity contribution in [2.24, 2.45) is 0 Å². The molecule has 6 heteroatoms. The van der Waals surface area contributed by atoms with Crippen LogP contribution >= 0.6 is 0 Å². The summed E-state index contributed by atoms with van der Waals surface area (Å²) in [4.78, 5) is 27.5. The number of carbonyl (C=O) groups is 2. The van der Waals surface area contributed by atoms with Crippen LogP contribution in [0.15, 0.2) is 0 Å². The third-order valence-electron chi connectivity index (χ3n) is 3.11. The van der Waals surface area contributed by atoms with Gasteiger partial charge in [-0.25, -0.2) is 9.86 Å². The highest BCUT2D eigenvalue weighted by atomic mass is 16.7. The fourth-order valence-corrected chi connectivity index (χ4v) is 2.05. The van der Waals surface area contributed by atoms with E-state index in [4.69, 9.17) is 4.84 Å². The molecule has 0 spiro atoms. The molecule has 0 radical (unpaired) electrons. The first-order chi connectivity index (χ1) is 8.06. The number of carboxylic acid groups (broad SMARTS) is 1. The number of aliphatic carboxylic acids is 1.